The Hall–Kier alpha value is -4.78. The van der Waals surface area contributed by atoms with Gasteiger partial charge in [0.15, 0.2) is 29.5 Å². The second-order valence-corrected chi connectivity index (χ2v) is 12.4. The summed E-state index contributed by atoms with van der Waals surface area (Å²) in [5.41, 5.74) is 7.20. The summed E-state index contributed by atoms with van der Waals surface area (Å²) in [6.07, 6.45) is -4.68. The molecule has 1 aromatic rings. The van der Waals surface area contributed by atoms with Crippen LogP contribution in [-0.2, 0) is 57.9 Å². The summed E-state index contributed by atoms with van der Waals surface area (Å²) in [7, 11) is -4.03. The number of thiocarbonyl (C=S) groups is 1. The van der Waals surface area contributed by atoms with Gasteiger partial charge in [-0.25, -0.2) is 9.30 Å². The Morgan fingerprint density at radius 3 is 1.83 bits per heavy atom. The molecule has 0 aliphatic carbocycles. The first-order chi connectivity index (χ1) is 22.3. The molecular weight excluding hydrogens is 674 g/mol. The maximum Gasteiger partial charge on any atom is 0.325 e. The van der Waals surface area contributed by atoms with Gasteiger partial charge in [-0.15, -0.1) is 0 Å². The SMILES string of the molecule is CC(=O)OC[C@@H](OC(C)=O)[C@@H](OC(C)=O)[C@H](OC(C)=O)[C@H](CN(C(N)=S)c1ccc(NS(=O)(=O)N2CC=C(C)N=C2C)cc1)OC(C)=O. The lowest BCUT2D eigenvalue weighted by Gasteiger charge is -2.37. The fraction of sp³-hybridized carbons (Fsp3) is 0.483. The molecule has 17 nitrogen and oxygen atoms in total. The number of hydrogen-bond acceptors (Lipinski definition) is 14. The summed E-state index contributed by atoms with van der Waals surface area (Å²) in [5, 5.41) is -0.246. The number of amidine groups is 1. The van der Waals surface area contributed by atoms with Crippen LogP contribution in [0, 0.1) is 0 Å². The van der Waals surface area contributed by atoms with Gasteiger partial charge in [-0.3, -0.25) is 28.7 Å². The molecule has 0 amide bonds. The van der Waals surface area contributed by atoms with Gasteiger partial charge in [-0.2, -0.15) is 8.42 Å². The summed E-state index contributed by atoms with van der Waals surface area (Å²) >= 11 is 5.25. The first-order valence-corrected chi connectivity index (χ1v) is 16.2. The number of allylic oxidation sites excluding steroid dienone is 1. The molecule has 1 aliphatic rings. The Kier molecular flexibility index (Phi) is 14.3. The number of benzene rings is 1. The molecule has 0 saturated heterocycles. The molecular formula is C29H39N5O12S2. The lowest BCUT2D eigenvalue weighted by atomic mass is 10.0. The van der Waals surface area contributed by atoms with Crippen LogP contribution in [0.4, 0.5) is 11.4 Å². The third kappa shape index (κ3) is 12.1. The summed E-state index contributed by atoms with van der Waals surface area (Å²) in [5.74, 6) is -3.98. The largest absolute Gasteiger partial charge is 0.462 e. The van der Waals surface area contributed by atoms with E-state index in [4.69, 9.17) is 41.6 Å². The molecule has 0 aromatic heterocycles. The standard InChI is InChI=1S/C29H39N5O12S2/c1-16-12-13-34(17(2)31-16)48(40,41)32-23-8-10-24(11-9-23)33(29(30)47)14-25(43-19(4)36)27(45-21(6)38)28(46-22(7)39)26(44-20(5)37)15-42-18(3)35/h8-12,25-28,32H,13-15H2,1-7H3,(H2,30,47)/t25-,26+,27+,28+/m0/s1. The molecule has 19 heteroatoms. The summed E-state index contributed by atoms with van der Waals surface area (Å²) in [6.45, 7) is 7.67. The Balaban J connectivity index is 2.51. The summed E-state index contributed by atoms with van der Waals surface area (Å²) in [6, 6.07) is 5.79. The van der Waals surface area contributed by atoms with Gasteiger partial charge in [0.2, 0.25) is 0 Å². The van der Waals surface area contributed by atoms with Gasteiger partial charge in [-0.1, -0.05) is 0 Å². The quantitative estimate of drug-likeness (QED) is 0.149. The first-order valence-electron chi connectivity index (χ1n) is 14.3. The maximum absolute atomic E-state index is 13.0. The highest BCUT2D eigenvalue weighted by Gasteiger charge is 2.44. The molecule has 1 aliphatic heterocycles. The number of carbonyl (C=O) groups excluding carboxylic acids is 5. The summed E-state index contributed by atoms with van der Waals surface area (Å²) in [4.78, 5) is 65.8. The average molecular weight is 714 g/mol. The van der Waals surface area contributed by atoms with Crippen molar-refractivity contribution in [3.05, 3.63) is 36.0 Å². The van der Waals surface area contributed by atoms with Crippen molar-refractivity contribution < 1.29 is 56.1 Å². The molecule has 0 saturated carbocycles. The number of ether oxygens (including phenoxy) is 5. The van der Waals surface area contributed by atoms with Gasteiger partial charge in [0.25, 0.3) is 0 Å². The molecule has 0 bridgehead atoms. The molecule has 4 atom stereocenters. The molecule has 0 spiro atoms. The molecule has 1 heterocycles. The highest BCUT2D eigenvalue weighted by molar-refractivity contribution is 7.91. The van der Waals surface area contributed by atoms with E-state index in [-0.39, 0.29) is 23.2 Å². The van der Waals surface area contributed by atoms with E-state index in [0.717, 1.165) is 38.9 Å². The topological polar surface area (TPSA) is 223 Å². The van der Waals surface area contributed by atoms with Crippen LogP contribution in [0.2, 0.25) is 0 Å². The van der Waals surface area contributed by atoms with E-state index in [1.54, 1.807) is 19.9 Å². The number of nitrogens with one attached hydrogen (secondary N) is 1. The normalized spacial score (nSPS) is 15.3. The van der Waals surface area contributed by atoms with E-state index in [1.165, 1.54) is 29.2 Å². The van der Waals surface area contributed by atoms with E-state index >= 15 is 0 Å². The fourth-order valence-corrected chi connectivity index (χ4v) is 5.90. The van der Waals surface area contributed by atoms with E-state index in [2.05, 4.69) is 9.71 Å². The molecule has 0 fully saturated rings. The number of rotatable bonds is 15. The highest BCUT2D eigenvalue weighted by atomic mass is 32.2. The van der Waals surface area contributed by atoms with Crippen molar-refractivity contribution in [2.75, 3.05) is 29.3 Å². The minimum absolute atomic E-state index is 0.0956. The minimum atomic E-state index is -4.03. The van der Waals surface area contributed by atoms with E-state index in [0.29, 0.717) is 11.4 Å². The number of aliphatic imine (C=N–C) groups is 1. The number of esters is 5. The number of nitrogens with zero attached hydrogens (tertiary/aromatic N) is 3. The number of nitrogens with two attached hydrogens (primary N) is 1. The van der Waals surface area contributed by atoms with Gasteiger partial charge in [-0.05, 0) is 56.4 Å². The van der Waals surface area contributed by atoms with Crippen LogP contribution in [0.5, 0.6) is 0 Å². The van der Waals surface area contributed by atoms with Crippen molar-refractivity contribution in [3.8, 4) is 0 Å². The van der Waals surface area contributed by atoms with Crippen molar-refractivity contribution in [2.45, 2.75) is 72.9 Å². The predicted molar refractivity (Wildman–Crippen MR) is 176 cm³/mol. The zero-order valence-electron chi connectivity index (χ0n) is 27.5. The predicted octanol–water partition coefficient (Wildman–Crippen LogP) is 1.32. The molecule has 264 valence electrons. The fourth-order valence-electron chi connectivity index (χ4n) is 4.51. The Labute approximate surface area is 283 Å². The highest BCUT2D eigenvalue weighted by Crippen LogP contribution is 2.25. The second-order valence-electron chi connectivity index (χ2n) is 10.4. The Bertz CT molecular complexity index is 1560. The van der Waals surface area contributed by atoms with Crippen LogP contribution in [-0.4, -0.2) is 97.6 Å². The number of hydrogen-bond donors (Lipinski definition) is 2. The van der Waals surface area contributed by atoms with Gasteiger partial charge in [0.1, 0.15) is 12.4 Å². The number of carbonyl (C=O) groups is 5. The second kappa shape index (κ2) is 17.4. The van der Waals surface area contributed by atoms with Crippen molar-refractivity contribution in [2.24, 2.45) is 10.7 Å². The van der Waals surface area contributed by atoms with Gasteiger partial charge < -0.3 is 34.3 Å². The van der Waals surface area contributed by atoms with Gasteiger partial charge in [0, 0.05) is 46.0 Å². The van der Waals surface area contributed by atoms with Crippen LogP contribution in [0.15, 0.2) is 41.0 Å². The molecule has 0 unspecified atom stereocenters. The zero-order chi connectivity index (χ0) is 36.3. The van der Waals surface area contributed by atoms with Crippen LogP contribution in [0.3, 0.4) is 0 Å². The van der Waals surface area contributed by atoms with E-state index in [1.807, 2.05) is 0 Å². The maximum atomic E-state index is 13.0. The molecule has 2 rings (SSSR count). The van der Waals surface area contributed by atoms with Crippen molar-refractivity contribution in [1.82, 2.24) is 4.31 Å². The van der Waals surface area contributed by atoms with Crippen molar-refractivity contribution >= 4 is 74.6 Å². The molecule has 1 aromatic carbocycles. The first kappa shape index (κ1) is 39.4. The lowest BCUT2D eigenvalue weighted by Crippen LogP contribution is -2.56. The van der Waals surface area contributed by atoms with E-state index < -0.39 is 77.6 Å². The third-order valence-corrected chi connectivity index (χ3v) is 8.05. The number of anilines is 2. The average Bonchev–Trinajstić information content (AvgIpc) is 2.94. The summed E-state index contributed by atoms with van der Waals surface area (Å²) < 4.78 is 56.3. The molecule has 0 radical (unpaired) electrons. The third-order valence-electron chi connectivity index (χ3n) is 6.34. The monoisotopic (exact) mass is 713 g/mol. The Morgan fingerprint density at radius 1 is 0.875 bits per heavy atom. The van der Waals surface area contributed by atoms with Crippen LogP contribution in [0.1, 0.15) is 48.5 Å². The van der Waals surface area contributed by atoms with Crippen molar-refractivity contribution in [1.29, 1.82) is 0 Å². The molecule has 3 N–H and O–H groups in total. The molecule has 48 heavy (non-hydrogen) atoms. The smallest absolute Gasteiger partial charge is 0.325 e. The van der Waals surface area contributed by atoms with Crippen molar-refractivity contribution in [3.63, 3.8) is 0 Å². The van der Waals surface area contributed by atoms with Gasteiger partial charge in [0.05, 0.1) is 18.8 Å². The van der Waals surface area contributed by atoms with E-state index in [9.17, 15) is 32.4 Å². The van der Waals surface area contributed by atoms with Crippen LogP contribution < -0.4 is 15.4 Å². The minimum Gasteiger partial charge on any atom is -0.462 e. The lowest BCUT2D eigenvalue weighted by molar-refractivity contribution is -0.201. The Morgan fingerprint density at radius 2 is 1.38 bits per heavy atom. The van der Waals surface area contributed by atoms with Crippen LogP contribution in [0.25, 0.3) is 0 Å². The van der Waals surface area contributed by atoms with Crippen LogP contribution >= 0.6 is 12.2 Å². The van der Waals surface area contributed by atoms with Gasteiger partial charge >= 0.3 is 40.1 Å². The zero-order valence-corrected chi connectivity index (χ0v) is 29.1.